The fourth-order valence-corrected chi connectivity index (χ4v) is 4.12. The molecule has 0 spiro atoms. The van der Waals surface area contributed by atoms with E-state index in [-0.39, 0.29) is 13.0 Å². The molecule has 27 heavy (non-hydrogen) atoms. The van der Waals surface area contributed by atoms with Crippen LogP contribution >= 0.6 is 0 Å². The van der Waals surface area contributed by atoms with Crippen LogP contribution in [0.2, 0.25) is 0 Å². The molecule has 1 heterocycles. The van der Waals surface area contributed by atoms with Crippen LogP contribution in [0.1, 0.15) is 43.7 Å². The number of sulfonamides is 1. The maximum atomic E-state index is 13.2. The van der Waals surface area contributed by atoms with Gasteiger partial charge in [-0.2, -0.15) is 5.10 Å². The number of hydrogen-bond acceptors (Lipinski definition) is 4. The van der Waals surface area contributed by atoms with Crippen molar-refractivity contribution in [3.05, 3.63) is 41.6 Å². The van der Waals surface area contributed by atoms with Gasteiger partial charge in [0.2, 0.25) is 15.9 Å². The molecule has 0 atom stereocenters. The van der Waals surface area contributed by atoms with E-state index in [4.69, 9.17) is 0 Å². The number of anilines is 1. The Bertz CT molecular complexity index is 924. The molecule has 7 nitrogen and oxygen atoms in total. The zero-order valence-electron chi connectivity index (χ0n) is 14.5. The fraction of sp³-hybridized carbons (Fsp3) is 0.412. The summed E-state index contributed by atoms with van der Waals surface area (Å²) in [6.07, 6.45) is 4.43. The van der Waals surface area contributed by atoms with Crippen LogP contribution in [0.15, 0.2) is 29.2 Å². The van der Waals surface area contributed by atoms with Crippen molar-refractivity contribution in [2.75, 3.05) is 11.9 Å². The smallest absolute Gasteiger partial charge is 0.240 e. The van der Waals surface area contributed by atoms with Gasteiger partial charge in [-0.05, 0) is 31.0 Å². The minimum Gasteiger partial charge on any atom is -0.309 e. The number of amides is 1. The number of nitrogens with one attached hydrogen (secondary N) is 3. The molecule has 1 amide bonds. The summed E-state index contributed by atoms with van der Waals surface area (Å²) in [5, 5.41) is 9.58. The molecule has 0 saturated heterocycles. The van der Waals surface area contributed by atoms with E-state index in [2.05, 4.69) is 20.2 Å². The van der Waals surface area contributed by atoms with Gasteiger partial charge in [-0.15, -0.1) is 0 Å². The largest absolute Gasteiger partial charge is 0.309 e. The molecule has 1 aliphatic carbocycles. The minimum absolute atomic E-state index is 0.130. The average Bonchev–Trinajstić information content (AvgIpc) is 3.28. The first kappa shape index (κ1) is 19.4. The van der Waals surface area contributed by atoms with Crippen molar-refractivity contribution in [2.24, 2.45) is 0 Å². The highest BCUT2D eigenvalue weighted by Gasteiger charge is 2.20. The maximum Gasteiger partial charge on any atom is 0.240 e. The van der Waals surface area contributed by atoms with Gasteiger partial charge in [-0.3, -0.25) is 9.89 Å². The summed E-state index contributed by atoms with van der Waals surface area (Å²) in [6.45, 7) is -0.187. The number of aromatic amines is 1. The Kier molecular flexibility index (Phi) is 5.85. The van der Waals surface area contributed by atoms with E-state index in [1.807, 2.05) is 0 Å². The Morgan fingerprint density at radius 1 is 1.19 bits per heavy atom. The molecule has 0 aliphatic heterocycles. The van der Waals surface area contributed by atoms with Crippen LogP contribution in [0.4, 0.5) is 14.6 Å². The second-order valence-electron chi connectivity index (χ2n) is 6.46. The van der Waals surface area contributed by atoms with Gasteiger partial charge in [0.05, 0.1) is 4.90 Å². The van der Waals surface area contributed by atoms with Gasteiger partial charge in [-0.25, -0.2) is 21.9 Å². The number of benzene rings is 1. The highest BCUT2D eigenvalue weighted by Crippen LogP contribution is 2.33. The average molecular weight is 398 g/mol. The molecule has 3 N–H and O–H groups in total. The van der Waals surface area contributed by atoms with Crippen LogP contribution in [0.25, 0.3) is 0 Å². The van der Waals surface area contributed by atoms with Crippen molar-refractivity contribution < 1.29 is 22.0 Å². The van der Waals surface area contributed by atoms with Crippen molar-refractivity contribution >= 4 is 21.7 Å². The van der Waals surface area contributed by atoms with Gasteiger partial charge in [0.25, 0.3) is 0 Å². The zero-order valence-corrected chi connectivity index (χ0v) is 15.3. The number of aromatic nitrogens is 2. The molecule has 1 aromatic heterocycles. The maximum absolute atomic E-state index is 13.2. The van der Waals surface area contributed by atoms with Crippen LogP contribution in [0.5, 0.6) is 0 Å². The molecular formula is C17H20F2N4O3S. The number of carbonyl (C=O) groups is 1. The second kappa shape index (κ2) is 8.13. The van der Waals surface area contributed by atoms with Crippen molar-refractivity contribution in [1.82, 2.24) is 14.9 Å². The van der Waals surface area contributed by atoms with Crippen LogP contribution in [0, 0.1) is 11.6 Å². The normalized spacial score (nSPS) is 15.2. The summed E-state index contributed by atoms with van der Waals surface area (Å²) in [7, 11) is -4.03. The van der Waals surface area contributed by atoms with Crippen LogP contribution in [-0.4, -0.2) is 31.1 Å². The lowest BCUT2D eigenvalue weighted by Crippen LogP contribution is -2.28. The molecule has 146 valence electrons. The van der Waals surface area contributed by atoms with E-state index in [1.165, 1.54) is 12.8 Å². The Morgan fingerprint density at radius 3 is 2.63 bits per heavy atom. The lowest BCUT2D eigenvalue weighted by atomic mass is 10.0. The van der Waals surface area contributed by atoms with Crippen LogP contribution in [-0.2, 0) is 14.8 Å². The predicted molar refractivity (Wildman–Crippen MR) is 94.6 cm³/mol. The lowest BCUT2D eigenvalue weighted by Gasteiger charge is -2.07. The molecule has 1 aromatic carbocycles. The summed E-state index contributed by atoms with van der Waals surface area (Å²) in [4.78, 5) is 11.5. The van der Waals surface area contributed by atoms with E-state index in [0.717, 1.165) is 30.7 Å². The highest BCUT2D eigenvalue weighted by atomic mass is 32.2. The summed E-state index contributed by atoms with van der Waals surface area (Å²) in [5.74, 6) is -1.97. The lowest BCUT2D eigenvalue weighted by molar-refractivity contribution is -0.116. The first-order valence-electron chi connectivity index (χ1n) is 8.65. The summed E-state index contributed by atoms with van der Waals surface area (Å²) >= 11 is 0. The Morgan fingerprint density at radius 2 is 1.93 bits per heavy atom. The molecule has 1 saturated carbocycles. The van der Waals surface area contributed by atoms with E-state index in [9.17, 15) is 22.0 Å². The molecule has 1 fully saturated rings. The Labute approximate surface area is 155 Å². The van der Waals surface area contributed by atoms with Crippen molar-refractivity contribution in [1.29, 1.82) is 0 Å². The monoisotopic (exact) mass is 398 g/mol. The third kappa shape index (κ3) is 4.89. The Hall–Kier alpha value is -2.33. The number of halogens is 2. The topological polar surface area (TPSA) is 104 Å². The summed E-state index contributed by atoms with van der Waals surface area (Å²) in [6, 6.07) is 4.07. The second-order valence-corrected chi connectivity index (χ2v) is 8.23. The number of rotatable bonds is 7. The number of hydrogen-bond donors (Lipinski definition) is 3. The van der Waals surface area contributed by atoms with Crippen LogP contribution < -0.4 is 10.0 Å². The predicted octanol–water partition coefficient (Wildman–Crippen LogP) is 2.65. The summed E-state index contributed by atoms with van der Waals surface area (Å²) in [5.41, 5.74) is 0.988. The van der Waals surface area contributed by atoms with Gasteiger partial charge >= 0.3 is 0 Å². The number of nitrogens with zero attached hydrogens (tertiary/aromatic N) is 1. The van der Waals surface area contributed by atoms with E-state index in [1.54, 1.807) is 6.07 Å². The van der Waals surface area contributed by atoms with Crippen molar-refractivity contribution in [3.8, 4) is 0 Å². The Balaban J connectivity index is 1.49. The molecule has 3 rings (SSSR count). The third-order valence-electron chi connectivity index (χ3n) is 4.51. The molecule has 0 unspecified atom stereocenters. The van der Waals surface area contributed by atoms with Gasteiger partial charge in [-0.1, -0.05) is 12.8 Å². The van der Waals surface area contributed by atoms with Gasteiger partial charge in [0.1, 0.15) is 0 Å². The molecule has 10 heteroatoms. The molecule has 0 radical (unpaired) electrons. The van der Waals surface area contributed by atoms with Gasteiger partial charge < -0.3 is 5.32 Å². The van der Waals surface area contributed by atoms with E-state index >= 15 is 0 Å². The zero-order chi connectivity index (χ0) is 19.4. The van der Waals surface area contributed by atoms with E-state index < -0.39 is 32.5 Å². The van der Waals surface area contributed by atoms with Gasteiger partial charge in [0.15, 0.2) is 17.5 Å². The minimum atomic E-state index is -4.03. The number of carbonyl (C=O) groups excluding carboxylic acids is 1. The first-order chi connectivity index (χ1) is 12.8. The SMILES string of the molecule is O=C(CCNS(=O)(=O)c1ccc(F)c(F)c1)Nc1cc(C2CCCC2)[nH]n1. The molecular weight excluding hydrogens is 378 g/mol. The van der Waals surface area contributed by atoms with Crippen molar-refractivity contribution in [2.45, 2.75) is 42.9 Å². The quantitative estimate of drug-likeness (QED) is 0.667. The first-order valence-corrected chi connectivity index (χ1v) is 10.1. The molecule has 2 aromatic rings. The summed E-state index contributed by atoms with van der Waals surface area (Å²) < 4.78 is 52.3. The van der Waals surface area contributed by atoms with Crippen LogP contribution in [0.3, 0.4) is 0 Å². The van der Waals surface area contributed by atoms with E-state index in [0.29, 0.717) is 17.8 Å². The highest BCUT2D eigenvalue weighted by molar-refractivity contribution is 7.89. The molecule has 0 bridgehead atoms. The number of H-pyrrole nitrogens is 1. The fourth-order valence-electron chi connectivity index (χ4n) is 3.08. The molecule has 1 aliphatic rings. The van der Waals surface area contributed by atoms with Gasteiger partial charge in [0, 0.05) is 30.6 Å². The van der Waals surface area contributed by atoms with Crippen molar-refractivity contribution in [3.63, 3.8) is 0 Å². The third-order valence-corrected chi connectivity index (χ3v) is 5.96. The standard InChI is InChI=1S/C17H20F2N4O3S/c18-13-6-5-12(9-14(13)19)27(25,26)20-8-7-17(24)21-16-10-15(22-23-16)11-3-1-2-4-11/h5-6,9-11,20H,1-4,7-8H2,(H2,21,22,23,24).